The van der Waals surface area contributed by atoms with E-state index < -0.39 is 11.7 Å². The molecule has 0 bridgehead atoms. The highest BCUT2D eigenvalue weighted by atomic mass is 19.4. The van der Waals surface area contributed by atoms with Gasteiger partial charge in [-0.3, -0.25) is 0 Å². The second-order valence-corrected chi connectivity index (χ2v) is 6.69. The lowest BCUT2D eigenvalue weighted by Gasteiger charge is -2.39. The van der Waals surface area contributed by atoms with Crippen LogP contribution in [0.2, 0.25) is 0 Å². The molecule has 0 N–H and O–H groups in total. The van der Waals surface area contributed by atoms with Gasteiger partial charge in [-0.2, -0.15) is 18.4 Å². The molecular weight excluding hydrogens is 355 g/mol. The van der Waals surface area contributed by atoms with E-state index in [4.69, 9.17) is 5.26 Å². The lowest BCUT2D eigenvalue weighted by atomic mass is 10.0. The number of rotatable bonds is 3. The maximum atomic E-state index is 13.4. The molecular formula is C19H20F3N5. The zero-order valence-electron chi connectivity index (χ0n) is 15.2. The first kappa shape index (κ1) is 19.0. The van der Waals surface area contributed by atoms with Crippen molar-refractivity contribution in [2.45, 2.75) is 32.0 Å². The molecule has 1 saturated heterocycles. The molecule has 0 spiro atoms. The fourth-order valence-electron chi connectivity index (χ4n) is 3.42. The number of hydrogen-bond acceptors (Lipinski definition) is 5. The van der Waals surface area contributed by atoms with Gasteiger partial charge in [-0.15, -0.1) is 0 Å². The Hall–Kier alpha value is -2.82. The smallest absolute Gasteiger partial charge is 0.371 e. The lowest BCUT2D eigenvalue weighted by Crippen LogP contribution is -2.44. The molecule has 5 nitrogen and oxygen atoms in total. The summed E-state index contributed by atoms with van der Waals surface area (Å²) < 4.78 is 40.3. The molecule has 1 aromatic carbocycles. The summed E-state index contributed by atoms with van der Waals surface area (Å²) in [7, 11) is 1.95. The van der Waals surface area contributed by atoms with E-state index in [0.717, 1.165) is 30.4 Å². The van der Waals surface area contributed by atoms with Gasteiger partial charge in [0, 0.05) is 43.6 Å². The van der Waals surface area contributed by atoms with Crippen LogP contribution < -0.4 is 9.80 Å². The van der Waals surface area contributed by atoms with Gasteiger partial charge in [0.25, 0.3) is 0 Å². The Balaban J connectivity index is 1.75. The second-order valence-electron chi connectivity index (χ2n) is 6.69. The fourth-order valence-corrected chi connectivity index (χ4v) is 3.42. The summed E-state index contributed by atoms with van der Waals surface area (Å²) in [5.41, 5.74) is 0.275. The van der Waals surface area contributed by atoms with Crippen LogP contribution in [-0.2, 0) is 6.18 Å². The average molecular weight is 375 g/mol. The van der Waals surface area contributed by atoms with Crippen molar-refractivity contribution in [3.8, 4) is 6.07 Å². The number of halogens is 3. The highest BCUT2D eigenvalue weighted by molar-refractivity contribution is 5.58. The molecule has 1 aliphatic rings. The fraction of sp³-hybridized carbons (Fsp3) is 0.421. The molecule has 0 unspecified atom stereocenters. The van der Waals surface area contributed by atoms with Crippen molar-refractivity contribution < 1.29 is 13.2 Å². The molecule has 3 rings (SSSR count). The number of aryl methyl sites for hydroxylation is 1. The van der Waals surface area contributed by atoms with Crippen LogP contribution in [0.5, 0.6) is 0 Å². The third-order valence-electron chi connectivity index (χ3n) is 4.93. The molecule has 0 amide bonds. The third-order valence-corrected chi connectivity index (χ3v) is 4.93. The molecule has 8 heteroatoms. The largest absolute Gasteiger partial charge is 0.418 e. The zero-order chi connectivity index (χ0) is 19.6. The van der Waals surface area contributed by atoms with Crippen molar-refractivity contribution in [3.05, 3.63) is 47.4 Å². The van der Waals surface area contributed by atoms with Crippen molar-refractivity contribution in [3.63, 3.8) is 0 Å². The number of nitriles is 1. The van der Waals surface area contributed by atoms with Gasteiger partial charge in [0.2, 0.25) is 0 Å². The summed E-state index contributed by atoms with van der Waals surface area (Å²) in [5.74, 6) is 0.815. The molecule has 142 valence electrons. The normalized spacial score (nSPS) is 15.5. The molecule has 0 radical (unpaired) electrons. The number of benzene rings is 1. The first-order valence-electron chi connectivity index (χ1n) is 8.67. The number of alkyl halides is 3. The topological polar surface area (TPSA) is 56.0 Å². The summed E-state index contributed by atoms with van der Waals surface area (Å²) in [6.45, 7) is 2.91. The quantitative estimate of drug-likeness (QED) is 0.817. The van der Waals surface area contributed by atoms with Gasteiger partial charge in [-0.1, -0.05) is 0 Å². The minimum absolute atomic E-state index is 0.0137. The second kappa shape index (κ2) is 7.43. The van der Waals surface area contributed by atoms with Crippen LogP contribution in [0.1, 0.15) is 29.7 Å². The van der Waals surface area contributed by atoms with Gasteiger partial charge in [0.05, 0.1) is 17.2 Å². The van der Waals surface area contributed by atoms with Gasteiger partial charge in [0.1, 0.15) is 12.1 Å². The maximum absolute atomic E-state index is 13.4. The van der Waals surface area contributed by atoms with Crippen LogP contribution >= 0.6 is 0 Å². The minimum atomic E-state index is -4.49. The molecule has 0 atom stereocenters. The van der Waals surface area contributed by atoms with E-state index in [1.165, 1.54) is 18.5 Å². The third kappa shape index (κ3) is 4.13. The first-order valence-corrected chi connectivity index (χ1v) is 8.67. The van der Waals surface area contributed by atoms with Crippen LogP contribution in [0.4, 0.5) is 24.7 Å². The summed E-state index contributed by atoms with van der Waals surface area (Å²) in [6, 6.07) is 7.64. The summed E-state index contributed by atoms with van der Waals surface area (Å²) in [6.07, 6.45) is -1.54. The van der Waals surface area contributed by atoms with E-state index in [0.29, 0.717) is 13.1 Å². The Bertz CT molecular complexity index is 851. The molecule has 1 fully saturated rings. The first-order chi connectivity index (χ1) is 12.8. The standard InChI is InChI=1S/C19H20F3N5/c1-13-9-18(25-12-24-13)26(2)15-5-7-27(8-6-15)17-4-3-14(11-23)10-16(17)19(20,21)22/h3-4,9-10,12,15H,5-8H2,1-2H3. The van der Waals surface area contributed by atoms with E-state index in [1.54, 1.807) is 11.0 Å². The molecule has 1 aliphatic heterocycles. The van der Waals surface area contributed by atoms with Crippen molar-refractivity contribution in [1.82, 2.24) is 9.97 Å². The number of piperidine rings is 1. The van der Waals surface area contributed by atoms with Gasteiger partial charge >= 0.3 is 6.18 Å². The summed E-state index contributed by atoms with van der Waals surface area (Å²) in [4.78, 5) is 12.2. The molecule has 0 saturated carbocycles. The Morgan fingerprint density at radius 1 is 1.19 bits per heavy atom. The van der Waals surface area contributed by atoms with Gasteiger partial charge in [0.15, 0.2) is 0 Å². The Labute approximate surface area is 156 Å². The molecule has 1 aromatic heterocycles. The lowest BCUT2D eigenvalue weighted by molar-refractivity contribution is -0.137. The van der Waals surface area contributed by atoms with Crippen molar-refractivity contribution >= 4 is 11.5 Å². The van der Waals surface area contributed by atoms with Crippen LogP contribution in [0.15, 0.2) is 30.6 Å². The minimum Gasteiger partial charge on any atom is -0.371 e. The monoisotopic (exact) mass is 375 g/mol. The Kier molecular flexibility index (Phi) is 5.22. The van der Waals surface area contributed by atoms with Crippen molar-refractivity contribution in [2.75, 3.05) is 29.9 Å². The number of anilines is 2. The van der Waals surface area contributed by atoms with E-state index in [1.807, 2.05) is 20.0 Å². The molecule has 2 heterocycles. The van der Waals surface area contributed by atoms with Crippen LogP contribution in [-0.4, -0.2) is 36.1 Å². The summed E-state index contributed by atoms with van der Waals surface area (Å²) in [5, 5.41) is 8.91. The zero-order valence-corrected chi connectivity index (χ0v) is 15.2. The summed E-state index contributed by atoms with van der Waals surface area (Å²) >= 11 is 0. The molecule has 0 aliphatic carbocycles. The van der Waals surface area contributed by atoms with Crippen LogP contribution in [0.3, 0.4) is 0 Å². The molecule has 27 heavy (non-hydrogen) atoms. The van der Waals surface area contributed by atoms with Gasteiger partial charge < -0.3 is 9.80 Å². The van der Waals surface area contributed by atoms with E-state index >= 15 is 0 Å². The van der Waals surface area contributed by atoms with Gasteiger partial charge in [-0.25, -0.2) is 9.97 Å². The predicted molar refractivity (Wildman–Crippen MR) is 96.6 cm³/mol. The van der Waals surface area contributed by atoms with Crippen molar-refractivity contribution in [2.24, 2.45) is 0 Å². The van der Waals surface area contributed by atoms with Crippen molar-refractivity contribution in [1.29, 1.82) is 5.26 Å². The van der Waals surface area contributed by atoms with E-state index in [9.17, 15) is 13.2 Å². The van der Waals surface area contributed by atoms with Gasteiger partial charge in [-0.05, 0) is 38.0 Å². The average Bonchev–Trinajstić information content (AvgIpc) is 2.66. The Morgan fingerprint density at radius 2 is 1.89 bits per heavy atom. The van der Waals surface area contributed by atoms with Crippen LogP contribution in [0.25, 0.3) is 0 Å². The highest BCUT2D eigenvalue weighted by Gasteiger charge is 2.36. The maximum Gasteiger partial charge on any atom is 0.418 e. The van der Waals surface area contributed by atoms with E-state index in [2.05, 4.69) is 14.9 Å². The number of aromatic nitrogens is 2. The number of hydrogen-bond donors (Lipinski definition) is 0. The highest BCUT2D eigenvalue weighted by Crippen LogP contribution is 2.38. The SMILES string of the molecule is Cc1cc(N(C)C2CCN(c3ccc(C#N)cc3C(F)(F)F)CC2)ncn1. The number of nitrogens with zero attached hydrogens (tertiary/aromatic N) is 5. The molecule has 2 aromatic rings. The predicted octanol–water partition coefficient (Wildman–Crippen LogP) is 3.78. The van der Waals surface area contributed by atoms with Crippen LogP contribution in [0, 0.1) is 18.3 Å². The Morgan fingerprint density at radius 3 is 2.48 bits per heavy atom. The van der Waals surface area contributed by atoms with E-state index in [-0.39, 0.29) is 17.3 Å².